The Balaban J connectivity index is 1.54. The van der Waals surface area contributed by atoms with Crippen LogP contribution in [0.3, 0.4) is 0 Å². The van der Waals surface area contributed by atoms with E-state index in [2.05, 4.69) is 0 Å². The van der Waals surface area contributed by atoms with Crippen LogP contribution in [0.5, 0.6) is 5.75 Å². The van der Waals surface area contributed by atoms with E-state index in [1.54, 1.807) is 0 Å². The maximum Gasteiger partial charge on any atom is 0.273 e. The fraction of sp³-hybridized carbons (Fsp3) is 0.312. The molecule has 0 aliphatic carbocycles. The van der Waals surface area contributed by atoms with Crippen molar-refractivity contribution in [3.8, 4) is 5.75 Å². The van der Waals surface area contributed by atoms with Crippen molar-refractivity contribution >= 4 is 44.6 Å². The molecule has 9 nitrogen and oxygen atoms in total. The van der Waals surface area contributed by atoms with Gasteiger partial charge in [-0.25, -0.2) is 8.42 Å². The van der Waals surface area contributed by atoms with Gasteiger partial charge in [0.15, 0.2) is 6.61 Å². The SMILES string of the molecule is O=C(COc1cccc([N+](=O)[O-])c1)N1CCN(S(=O)(=O)c2ccc(Cl)s2)CC1. The van der Waals surface area contributed by atoms with Crippen LogP contribution >= 0.6 is 22.9 Å². The van der Waals surface area contributed by atoms with Gasteiger partial charge in [-0.05, 0) is 18.2 Å². The highest BCUT2D eigenvalue weighted by atomic mass is 35.5. The third-order valence-corrected chi connectivity index (χ3v) is 7.72. The van der Waals surface area contributed by atoms with E-state index in [0.717, 1.165) is 11.3 Å². The van der Waals surface area contributed by atoms with Crippen molar-refractivity contribution in [2.75, 3.05) is 32.8 Å². The number of nitro groups is 1. The summed E-state index contributed by atoms with van der Waals surface area (Å²) in [6, 6.07) is 8.56. The van der Waals surface area contributed by atoms with Gasteiger partial charge in [0.2, 0.25) is 0 Å². The molecule has 2 heterocycles. The van der Waals surface area contributed by atoms with Gasteiger partial charge in [0.25, 0.3) is 21.6 Å². The number of benzene rings is 1. The highest BCUT2D eigenvalue weighted by Crippen LogP contribution is 2.28. The van der Waals surface area contributed by atoms with Crippen LogP contribution < -0.4 is 4.74 Å². The van der Waals surface area contributed by atoms with Gasteiger partial charge in [-0.15, -0.1) is 11.3 Å². The molecule has 1 aromatic heterocycles. The molecule has 1 fully saturated rings. The average Bonchev–Trinajstić information content (AvgIpc) is 3.13. The van der Waals surface area contributed by atoms with Crippen LogP contribution in [0.25, 0.3) is 0 Å². The normalized spacial score (nSPS) is 15.4. The number of carbonyl (C=O) groups excluding carboxylic acids is 1. The lowest BCUT2D eigenvalue weighted by Crippen LogP contribution is -2.51. The van der Waals surface area contributed by atoms with E-state index in [1.807, 2.05) is 0 Å². The topological polar surface area (TPSA) is 110 Å². The average molecular weight is 446 g/mol. The second kappa shape index (κ2) is 8.43. The zero-order valence-corrected chi connectivity index (χ0v) is 16.9. The quantitative estimate of drug-likeness (QED) is 0.498. The molecule has 0 radical (unpaired) electrons. The van der Waals surface area contributed by atoms with Gasteiger partial charge in [0.1, 0.15) is 9.96 Å². The van der Waals surface area contributed by atoms with E-state index >= 15 is 0 Å². The van der Waals surface area contributed by atoms with Crippen LogP contribution in [0, 0.1) is 10.1 Å². The first-order valence-corrected chi connectivity index (χ1v) is 10.8. The van der Waals surface area contributed by atoms with E-state index in [9.17, 15) is 23.3 Å². The molecule has 0 saturated carbocycles. The maximum atomic E-state index is 12.6. The molecule has 3 rings (SSSR count). The molecular weight excluding hydrogens is 430 g/mol. The molecule has 0 atom stereocenters. The number of nitrogens with zero attached hydrogens (tertiary/aromatic N) is 3. The number of halogens is 1. The number of hydrogen-bond acceptors (Lipinski definition) is 7. The van der Waals surface area contributed by atoms with E-state index in [4.69, 9.17) is 16.3 Å². The molecule has 1 aromatic carbocycles. The molecule has 12 heteroatoms. The minimum Gasteiger partial charge on any atom is -0.484 e. The number of ether oxygens (including phenoxy) is 1. The first-order valence-electron chi connectivity index (χ1n) is 8.18. The summed E-state index contributed by atoms with van der Waals surface area (Å²) in [5, 5.41) is 10.8. The van der Waals surface area contributed by atoms with Gasteiger partial charge in [0.05, 0.1) is 15.3 Å². The van der Waals surface area contributed by atoms with Crippen molar-refractivity contribution in [1.29, 1.82) is 0 Å². The van der Waals surface area contributed by atoms with Gasteiger partial charge in [-0.1, -0.05) is 17.7 Å². The first kappa shape index (κ1) is 20.5. The third kappa shape index (κ3) is 4.61. The van der Waals surface area contributed by atoms with E-state index < -0.39 is 14.9 Å². The number of piperazine rings is 1. The molecule has 1 aliphatic rings. The Labute approximate surface area is 170 Å². The predicted molar refractivity (Wildman–Crippen MR) is 103 cm³/mol. The Hall–Kier alpha value is -2.21. The zero-order valence-electron chi connectivity index (χ0n) is 14.5. The molecular formula is C16H16ClN3O6S2. The zero-order chi connectivity index (χ0) is 20.3. The van der Waals surface area contributed by atoms with Crippen molar-refractivity contribution < 1.29 is 22.9 Å². The molecule has 1 aliphatic heterocycles. The highest BCUT2D eigenvalue weighted by molar-refractivity contribution is 7.91. The Morgan fingerprint density at radius 2 is 1.93 bits per heavy atom. The summed E-state index contributed by atoms with van der Waals surface area (Å²) in [5.74, 6) is -0.0962. The summed E-state index contributed by atoms with van der Waals surface area (Å²) in [7, 11) is -3.62. The number of hydrogen-bond donors (Lipinski definition) is 0. The summed E-state index contributed by atoms with van der Waals surface area (Å²) < 4.78 is 32.4. The molecule has 150 valence electrons. The van der Waals surface area contributed by atoms with Gasteiger partial charge in [-0.3, -0.25) is 14.9 Å². The van der Waals surface area contributed by atoms with Crippen LogP contribution in [0.1, 0.15) is 0 Å². The summed E-state index contributed by atoms with van der Waals surface area (Å²) >= 11 is 6.81. The van der Waals surface area contributed by atoms with Crippen LogP contribution in [-0.2, 0) is 14.8 Å². The van der Waals surface area contributed by atoms with Crippen molar-refractivity contribution in [3.63, 3.8) is 0 Å². The first-order chi connectivity index (χ1) is 13.3. The Bertz CT molecular complexity index is 986. The fourth-order valence-corrected chi connectivity index (χ4v) is 5.72. The van der Waals surface area contributed by atoms with E-state index in [1.165, 1.54) is 45.6 Å². The van der Waals surface area contributed by atoms with Crippen molar-refractivity contribution in [2.24, 2.45) is 0 Å². The predicted octanol–water partition coefficient (Wildman–Crippen LogP) is 2.22. The Morgan fingerprint density at radius 3 is 2.54 bits per heavy atom. The number of rotatable bonds is 6. The van der Waals surface area contributed by atoms with Crippen molar-refractivity contribution in [1.82, 2.24) is 9.21 Å². The smallest absolute Gasteiger partial charge is 0.273 e. The second-order valence-corrected chi connectivity index (χ2v) is 9.77. The van der Waals surface area contributed by atoms with Gasteiger partial charge in [-0.2, -0.15) is 4.31 Å². The Kier molecular flexibility index (Phi) is 6.18. The minimum atomic E-state index is -3.62. The molecule has 0 N–H and O–H groups in total. The largest absolute Gasteiger partial charge is 0.484 e. The van der Waals surface area contributed by atoms with Gasteiger partial charge >= 0.3 is 0 Å². The van der Waals surface area contributed by atoms with E-state index in [-0.39, 0.29) is 54.3 Å². The van der Waals surface area contributed by atoms with Crippen LogP contribution in [0.15, 0.2) is 40.6 Å². The second-order valence-electron chi connectivity index (χ2n) is 5.89. The molecule has 28 heavy (non-hydrogen) atoms. The van der Waals surface area contributed by atoms with Crippen molar-refractivity contribution in [2.45, 2.75) is 4.21 Å². The number of sulfonamides is 1. The maximum absolute atomic E-state index is 12.6. The molecule has 1 saturated heterocycles. The number of non-ortho nitro benzene ring substituents is 1. The van der Waals surface area contributed by atoms with Crippen molar-refractivity contribution in [3.05, 3.63) is 50.8 Å². The van der Waals surface area contributed by atoms with Crippen LogP contribution in [0.2, 0.25) is 4.34 Å². The summed E-state index contributed by atoms with van der Waals surface area (Å²) in [5.41, 5.74) is -0.127. The molecule has 0 unspecified atom stereocenters. The number of thiophene rings is 1. The molecule has 2 aromatic rings. The Morgan fingerprint density at radius 1 is 1.21 bits per heavy atom. The highest BCUT2D eigenvalue weighted by Gasteiger charge is 2.31. The van der Waals surface area contributed by atoms with Gasteiger partial charge < -0.3 is 9.64 Å². The fourth-order valence-electron chi connectivity index (χ4n) is 2.66. The third-order valence-electron chi connectivity index (χ3n) is 4.12. The molecule has 1 amide bonds. The monoisotopic (exact) mass is 445 g/mol. The lowest BCUT2D eigenvalue weighted by molar-refractivity contribution is -0.384. The lowest BCUT2D eigenvalue weighted by atomic mass is 10.3. The van der Waals surface area contributed by atoms with E-state index in [0.29, 0.717) is 4.34 Å². The molecule has 0 spiro atoms. The standard InChI is InChI=1S/C16H16ClN3O6S2/c17-14-4-5-16(27-14)28(24,25)19-8-6-18(7-9-19)15(21)11-26-13-3-1-2-12(10-13)20(22)23/h1-5,10H,6-9,11H2. The van der Waals surface area contributed by atoms with Crippen LogP contribution in [-0.4, -0.2) is 61.2 Å². The summed E-state index contributed by atoms with van der Waals surface area (Å²) in [4.78, 5) is 24.0. The number of amides is 1. The summed E-state index contributed by atoms with van der Waals surface area (Å²) in [6.07, 6.45) is 0. The summed E-state index contributed by atoms with van der Waals surface area (Å²) in [6.45, 7) is 0.514. The number of carbonyl (C=O) groups is 1. The van der Waals surface area contributed by atoms with Gasteiger partial charge in [0, 0.05) is 32.2 Å². The lowest BCUT2D eigenvalue weighted by Gasteiger charge is -2.33. The molecule has 0 bridgehead atoms. The van der Waals surface area contributed by atoms with Crippen LogP contribution in [0.4, 0.5) is 5.69 Å². The minimum absolute atomic E-state index is 0.127. The number of nitro benzene ring substituents is 1.